The molecule has 0 unspecified atom stereocenters. The molecular formula is C24H31BrClN3O4S. The molecule has 0 fully saturated rings. The van der Waals surface area contributed by atoms with Gasteiger partial charge in [-0.3, -0.25) is 13.9 Å². The number of carbonyl (C=O) groups excluding carboxylic acids is 2. The molecule has 10 heteroatoms. The van der Waals surface area contributed by atoms with Gasteiger partial charge in [0, 0.05) is 22.6 Å². The number of aryl methyl sites for hydroxylation is 1. The minimum atomic E-state index is -3.78. The number of hydrogen-bond donors (Lipinski definition) is 1. The van der Waals surface area contributed by atoms with Gasteiger partial charge in [-0.1, -0.05) is 59.6 Å². The number of benzene rings is 2. The zero-order valence-electron chi connectivity index (χ0n) is 19.8. The van der Waals surface area contributed by atoms with Crippen molar-refractivity contribution in [2.75, 3.05) is 23.7 Å². The number of rotatable bonds is 11. The standard InChI is InChI=1S/C24H31BrClN3O4S/c1-5-13-27-24(31)22(6-2)28(15-18-9-7-8-10-21(18)26)23(30)16-29(34(4,32)33)19-11-12-20(25)17(3)14-19/h7-12,14,22H,5-6,13,15-16H2,1-4H3,(H,27,31)/t22-/m0/s1. The monoisotopic (exact) mass is 571 g/mol. The van der Waals surface area contributed by atoms with E-state index in [1.165, 1.54) is 4.90 Å². The molecule has 0 aliphatic carbocycles. The Morgan fingerprint density at radius 1 is 1.15 bits per heavy atom. The molecule has 186 valence electrons. The molecule has 2 aromatic rings. The summed E-state index contributed by atoms with van der Waals surface area (Å²) < 4.78 is 27.2. The second-order valence-corrected chi connectivity index (χ2v) is 11.2. The lowest BCUT2D eigenvalue weighted by atomic mass is 10.1. The second-order valence-electron chi connectivity index (χ2n) is 8.03. The van der Waals surface area contributed by atoms with Gasteiger partial charge in [-0.05, 0) is 55.2 Å². The van der Waals surface area contributed by atoms with E-state index in [0.29, 0.717) is 29.2 Å². The van der Waals surface area contributed by atoms with E-state index in [-0.39, 0.29) is 12.5 Å². The SMILES string of the molecule is CCCNC(=O)[C@H](CC)N(Cc1ccccc1Cl)C(=O)CN(c1ccc(Br)c(C)c1)S(C)(=O)=O. The number of anilines is 1. The zero-order valence-corrected chi connectivity index (χ0v) is 23.0. The van der Waals surface area contributed by atoms with Gasteiger partial charge >= 0.3 is 0 Å². The molecule has 34 heavy (non-hydrogen) atoms. The van der Waals surface area contributed by atoms with E-state index in [9.17, 15) is 18.0 Å². The van der Waals surface area contributed by atoms with Crippen LogP contribution in [-0.4, -0.2) is 50.5 Å². The van der Waals surface area contributed by atoms with Gasteiger partial charge in [0.25, 0.3) is 0 Å². The molecule has 2 amide bonds. The summed E-state index contributed by atoms with van der Waals surface area (Å²) in [6, 6.07) is 11.4. The van der Waals surface area contributed by atoms with Crippen LogP contribution in [0.1, 0.15) is 37.8 Å². The summed E-state index contributed by atoms with van der Waals surface area (Å²) in [5.41, 5.74) is 1.87. The number of nitrogens with one attached hydrogen (secondary N) is 1. The third-order valence-electron chi connectivity index (χ3n) is 5.34. The maximum atomic E-state index is 13.6. The van der Waals surface area contributed by atoms with Gasteiger partial charge in [0.1, 0.15) is 12.6 Å². The fraction of sp³-hybridized carbons (Fsp3) is 0.417. The summed E-state index contributed by atoms with van der Waals surface area (Å²) in [5, 5.41) is 3.31. The lowest BCUT2D eigenvalue weighted by Gasteiger charge is -2.33. The summed E-state index contributed by atoms with van der Waals surface area (Å²) in [4.78, 5) is 27.9. The highest BCUT2D eigenvalue weighted by Crippen LogP contribution is 2.26. The molecule has 1 N–H and O–H groups in total. The van der Waals surface area contributed by atoms with Crippen LogP contribution in [-0.2, 0) is 26.2 Å². The summed E-state index contributed by atoms with van der Waals surface area (Å²) in [5.74, 6) is -0.778. The van der Waals surface area contributed by atoms with Crippen LogP contribution < -0.4 is 9.62 Å². The number of nitrogens with zero attached hydrogens (tertiary/aromatic N) is 2. The topological polar surface area (TPSA) is 86.8 Å². The Kier molecular flexibility index (Phi) is 10.4. The van der Waals surface area contributed by atoms with Gasteiger partial charge in [0.2, 0.25) is 21.8 Å². The predicted molar refractivity (Wildman–Crippen MR) is 140 cm³/mol. The van der Waals surface area contributed by atoms with Gasteiger partial charge in [-0.15, -0.1) is 0 Å². The summed E-state index contributed by atoms with van der Waals surface area (Å²) >= 11 is 9.75. The lowest BCUT2D eigenvalue weighted by molar-refractivity contribution is -0.140. The van der Waals surface area contributed by atoms with Gasteiger partial charge in [-0.2, -0.15) is 0 Å². The molecule has 0 saturated carbocycles. The van der Waals surface area contributed by atoms with Crippen molar-refractivity contribution in [1.82, 2.24) is 10.2 Å². The number of carbonyl (C=O) groups is 2. The van der Waals surface area contributed by atoms with Crippen LogP contribution in [0, 0.1) is 6.92 Å². The third-order valence-corrected chi connectivity index (χ3v) is 7.74. The molecule has 0 aliphatic rings. The first kappa shape index (κ1) is 28.1. The third kappa shape index (κ3) is 7.45. The summed E-state index contributed by atoms with van der Waals surface area (Å²) in [7, 11) is -3.78. The van der Waals surface area contributed by atoms with Crippen LogP contribution in [0.5, 0.6) is 0 Å². The van der Waals surface area contributed by atoms with Crippen molar-refractivity contribution in [2.45, 2.75) is 46.2 Å². The first-order valence-corrected chi connectivity index (χ1v) is 14.1. The normalized spacial score (nSPS) is 12.2. The van der Waals surface area contributed by atoms with Gasteiger partial charge < -0.3 is 10.2 Å². The largest absolute Gasteiger partial charge is 0.354 e. The number of hydrogen-bond acceptors (Lipinski definition) is 4. The van der Waals surface area contributed by atoms with E-state index in [1.807, 2.05) is 20.8 Å². The predicted octanol–water partition coefficient (Wildman–Crippen LogP) is 4.51. The molecule has 0 heterocycles. The molecule has 2 rings (SSSR count). The molecule has 7 nitrogen and oxygen atoms in total. The molecule has 2 aromatic carbocycles. The van der Waals surface area contributed by atoms with Crippen molar-refractivity contribution in [3.8, 4) is 0 Å². The summed E-state index contributed by atoms with van der Waals surface area (Å²) in [6.07, 6.45) is 2.18. The highest BCUT2D eigenvalue weighted by molar-refractivity contribution is 9.10. The molecule has 0 saturated heterocycles. The van der Waals surface area contributed by atoms with Crippen molar-refractivity contribution >= 4 is 55.1 Å². The first-order chi connectivity index (χ1) is 16.0. The molecule has 1 atom stereocenters. The van der Waals surface area contributed by atoms with Gasteiger partial charge in [0.15, 0.2) is 0 Å². The van der Waals surface area contributed by atoms with Crippen molar-refractivity contribution in [1.29, 1.82) is 0 Å². The number of sulfonamides is 1. The van der Waals surface area contributed by atoms with Crippen LogP contribution in [0.25, 0.3) is 0 Å². The number of amides is 2. The Balaban J connectivity index is 2.46. The van der Waals surface area contributed by atoms with Crippen LogP contribution in [0.4, 0.5) is 5.69 Å². The second kappa shape index (κ2) is 12.6. The average molecular weight is 573 g/mol. The minimum absolute atomic E-state index is 0.0769. The number of halogens is 2. The molecule has 0 spiro atoms. The van der Waals surface area contributed by atoms with E-state index in [2.05, 4.69) is 21.2 Å². The Morgan fingerprint density at radius 3 is 2.38 bits per heavy atom. The maximum Gasteiger partial charge on any atom is 0.244 e. The van der Waals surface area contributed by atoms with E-state index in [4.69, 9.17) is 11.6 Å². The fourth-order valence-corrected chi connectivity index (χ4v) is 4.78. The van der Waals surface area contributed by atoms with Crippen molar-refractivity contribution in [3.63, 3.8) is 0 Å². The minimum Gasteiger partial charge on any atom is -0.354 e. The fourth-order valence-electron chi connectivity index (χ4n) is 3.49. The summed E-state index contributed by atoms with van der Waals surface area (Å²) in [6.45, 7) is 5.71. The highest BCUT2D eigenvalue weighted by Gasteiger charge is 2.32. The smallest absolute Gasteiger partial charge is 0.244 e. The Bertz CT molecular complexity index is 1130. The van der Waals surface area contributed by atoms with Gasteiger partial charge in [0.05, 0.1) is 11.9 Å². The molecular weight excluding hydrogens is 542 g/mol. The average Bonchev–Trinajstić information content (AvgIpc) is 2.78. The van der Waals surface area contributed by atoms with E-state index in [1.54, 1.807) is 42.5 Å². The molecule has 0 aliphatic heterocycles. The van der Waals surface area contributed by atoms with Crippen LogP contribution in [0.2, 0.25) is 5.02 Å². The highest BCUT2D eigenvalue weighted by atomic mass is 79.9. The first-order valence-electron chi connectivity index (χ1n) is 11.0. The van der Waals surface area contributed by atoms with Crippen LogP contribution in [0.15, 0.2) is 46.9 Å². The zero-order chi connectivity index (χ0) is 25.5. The van der Waals surface area contributed by atoms with Crippen LogP contribution >= 0.6 is 27.5 Å². The Hall–Kier alpha value is -2.10. The quantitative estimate of drug-likeness (QED) is 0.429. The van der Waals surface area contributed by atoms with Gasteiger partial charge in [-0.25, -0.2) is 8.42 Å². The van der Waals surface area contributed by atoms with Crippen molar-refractivity contribution < 1.29 is 18.0 Å². The van der Waals surface area contributed by atoms with E-state index in [0.717, 1.165) is 27.0 Å². The lowest BCUT2D eigenvalue weighted by Crippen LogP contribution is -2.52. The van der Waals surface area contributed by atoms with E-state index >= 15 is 0 Å². The molecule has 0 radical (unpaired) electrons. The molecule has 0 bridgehead atoms. The molecule has 0 aromatic heterocycles. The Labute approximate surface area is 215 Å². The van der Waals surface area contributed by atoms with Crippen LogP contribution in [0.3, 0.4) is 0 Å². The van der Waals surface area contributed by atoms with Crippen molar-refractivity contribution in [2.24, 2.45) is 0 Å². The van der Waals surface area contributed by atoms with Crippen molar-refractivity contribution in [3.05, 3.63) is 63.1 Å². The Morgan fingerprint density at radius 2 is 1.82 bits per heavy atom. The maximum absolute atomic E-state index is 13.6. The van der Waals surface area contributed by atoms with E-state index < -0.39 is 28.5 Å².